The Labute approximate surface area is 258 Å². The number of rotatable bonds is 14. The Morgan fingerprint density at radius 2 is 0.568 bits per heavy atom. The molecule has 0 bridgehead atoms. The van der Waals surface area contributed by atoms with E-state index in [1.54, 1.807) is 0 Å². The van der Waals surface area contributed by atoms with E-state index in [0.717, 1.165) is 12.8 Å². The summed E-state index contributed by atoms with van der Waals surface area (Å²) in [4.78, 5) is 83.2. The van der Waals surface area contributed by atoms with E-state index < -0.39 is 48.0 Å². The van der Waals surface area contributed by atoms with E-state index in [4.69, 9.17) is 9.47 Å². The van der Waals surface area contributed by atoms with Gasteiger partial charge < -0.3 is 37.9 Å². The largest absolute Gasteiger partial charge is 0.466 e. The molecule has 0 saturated heterocycles. The van der Waals surface area contributed by atoms with Crippen LogP contribution in [0.2, 0.25) is 0 Å². The van der Waals surface area contributed by atoms with Crippen LogP contribution in [0.4, 0.5) is 0 Å². The molecule has 0 radical (unpaired) electrons. The van der Waals surface area contributed by atoms with Crippen molar-refractivity contribution in [2.75, 3.05) is 39.6 Å². The van der Waals surface area contributed by atoms with Crippen molar-refractivity contribution in [1.29, 1.82) is 0 Å². The molecule has 16 heteroatoms. The molecule has 0 saturated carbocycles. The molecule has 0 aromatic carbocycles. The van der Waals surface area contributed by atoms with Crippen LogP contribution in [0.5, 0.6) is 0 Å². The lowest BCUT2D eigenvalue weighted by molar-refractivity contribution is -0.163. The summed E-state index contributed by atoms with van der Waals surface area (Å²) in [5, 5.41) is 0. The van der Waals surface area contributed by atoms with Crippen LogP contribution in [0, 0.1) is 0 Å². The van der Waals surface area contributed by atoms with Crippen LogP contribution < -0.4 is 0 Å². The maximum Gasteiger partial charge on any atom is 0.303 e. The number of carbonyl (C=O) groups is 8. The summed E-state index contributed by atoms with van der Waals surface area (Å²) in [5.41, 5.74) is 0. The summed E-state index contributed by atoms with van der Waals surface area (Å²) in [7, 11) is 0. The van der Waals surface area contributed by atoms with Gasteiger partial charge in [-0.1, -0.05) is 13.8 Å². The molecule has 0 aliphatic rings. The van der Waals surface area contributed by atoms with Gasteiger partial charge >= 0.3 is 47.8 Å². The summed E-state index contributed by atoms with van der Waals surface area (Å²) >= 11 is 0. The Morgan fingerprint density at radius 1 is 0.364 bits per heavy atom. The van der Waals surface area contributed by atoms with Crippen LogP contribution in [-0.4, -0.2) is 99.6 Å². The molecule has 44 heavy (non-hydrogen) atoms. The van der Waals surface area contributed by atoms with E-state index in [9.17, 15) is 38.4 Å². The highest BCUT2D eigenvalue weighted by Crippen LogP contribution is 1.98. The van der Waals surface area contributed by atoms with Gasteiger partial charge in [-0.15, -0.1) is 0 Å². The Balaban J connectivity index is -0.000000258. The number of esters is 8. The highest BCUT2D eigenvalue weighted by molar-refractivity contribution is 5.68. The minimum Gasteiger partial charge on any atom is -0.466 e. The van der Waals surface area contributed by atoms with E-state index in [1.165, 1.54) is 55.4 Å². The average Bonchev–Trinajstić information content (AvgIpc) is 2.89. The quantitative estimate of drug-likeness (QED) is 0.196. The fourth-order valence-corrected chi connectivity index (χ4v) is 2.03. The van der Waals surface area contributed by atoms with Crippen LogP contribution in [0.25, 0.3) is 0 Å². The van der Waals surface area contributed by atoms with Crippen molar-refractivity contribution in [1.82, 2.24) is 0 Å². The molecule has 0 fully saturated rings. The van der Waals surface area contributed by atoms with Crippen molar-refractivity contribution >= 4 is 47.8 Å². The minimum absolute atomic E-state index is 0.123. The van der Waals surface area contributed by atoms with E-state index >= 15 is 0 Å². The Bertz CT molecular complexity index is 762. The van der Waals surface area contributed by atoms with Crippen LogP contribution >= 0.6 is 0 Å². The van der Waals surface area contributed by atoms with Gasteiger partial charge in [0.2, 0.25) is 0 Å². The topological polar surface area (TPSA) is 210 Å². The summed E-state index contributed by atoms with van der Waals surface area (Å²) in [5.74, 6) is -3.41. The molecule has 0 amide bonds. The molecule has 256 valence electrons. The molecule has 0 spiro atoms. The van der Waals surface area contributed by atoms with Gasteiger partial charge in [0, 0.05) is 55.4 Å². The van der Waals surface area contributed by atoms with E-state index in [-0.39, 0.29) is 38.4 Å². The zero-order chi connectivity index (χ0) is 35.1. The van der Waals surface area contributed by atoms with Crippen LogP contribution in [-0.2, 0) is 76.3 Å². The molecule has 16 nitrogen and oxygen atoms in total. The first kappa shape index (κ1) is 46.7. The van der Waals surface area contributed by atoms with Gasteiger partial charge in [-0.05, 0) is 12.8 Å². The van der Waals surface area contributed by atoms with Crippen molar-refractivity contribution < 1.29 is 76.3 Å². The molecule has 0 aromatic rings. The van der Waals surface area contributed by atoms with Crippen molar-refractivity contribution in [3.05, 3.63) is 0 Å². The molecular weight excluding hydrogens is 592 g/mol. The van der Waals surface area contributed by atoms with Crippen LogP contribution in [0.15, 0.2) is 0 Å². The normalized spacial score (nSPS) is 9.18. The van der Waals surface area contributed by atoms with Crippen molar-refractivity contribution in [3.63, 3.8) is 0 Å². The summed E-state index contributed by atoms with van der Waals surface area (Å²) in [6.07, 6.45) is 0.296. The van der Waals surface area contributed by atoms with E-state index in [2.05, 4.69) is 28.4 Å². The molecule has 0 heterocycles. The standard InChI is InChI=1S/2C9H14O6.2C5H10O2/c2*1-6(10)13-4-9(15-8(3)12)5-14-7(2)11;2*1-3-4-7-5(2)6/h2*9H,4-5H2,1-3H3;2*3-4H2,1-2H3. The summed E-state index contributed by atoms with van der Waals surface area (Å²) < 4.78 is 37.1. The highest BCUT2D eigenvalue weighted by atomic mass is 16.6. The second-order valence-corrected chi connectivity index (χ2v) is 8.35. The van der Waals surface area contributed by atoms with Crippen LogP contribution in [0.3, 0.4) is 0 Å². The van der Waals surface area contributed by atoms with E-state index in [1.807, 2.05) is 13.8 Å². The first-order chi connectivity index (χ1) is 20.4. The second-order valence-electron chi connectivity index (χ2n) is 8.35. The number of hydrogen-bond acceptors (Lipinski definition) is 16. The molecular formula is C28H48O16. The van der Waals surface area contributed by atoms with Gasteiger partial charge in [0.15, 0.2) is 12.2 Å². The zero-order valence-corrected chi connectivity index (χ0v) is 27.3. The second kappa shape index (κ2) is 31.7. The molecule has 0 aromatic heterocycles. The lowest BCUT2D eigenvalue weighted by atomic mass is 10.4. The third-order valence-electron chi connectivity index (χ3n) is 3.57. The SMILES string of the molecule is CC(=O)OCC(COC(C)=O)OC(C)=O.CC(=O)OCC(COC(C)=O)OC(C)=O.CCCOC(C)=O.CCCOC(C)=O. The Morgan fingerprint density at radius 3 is 0.682 bits per heavy atom. The van der Waals surface area contributed by atoms with Gasteiger partial charge in [-0.3, -0.25) is 38.4 Å². The number of carbonyl (C=O) groups excluding carboxylic acids is 8. The van der Waals surface area contributed by atoms with E-state index in [0.29, 0.717) is 13.2 Å². The first-order valence-corrected chi connectivity index (χ1v) is 13.5. The third-order valence-corrected chi connectivity index (χ3v) is 3.57. The predicted octanol–water partition coefficient (Wildman–Crippen LogP) is 2.01. The molecule has 0 rings (SSSR count). The smallest absolute Gasteiger partial charge is 0.303 e. The fraction of sp³-hybridized carbons (Fsp3) is 0.714. The third kappa shape index (κ3) is 50.6. The fourth-order valence-electron chi connectivity index (χ4n) is 2.03. The monoisotopic (exact) mass is 640 g/mol. The first-order valence-electron chi connectivity index (χ1n) is 13.5. The predicted molar refractivity (Wildman–Crippen MR) is 151 cm³/mol. The van der Waals surface area contributed by atoms with Gasteiger partial charge in [-0.2, -0.15) is 0 Å². The highest BCUT2D eigenvalue weighted by Gasteiger charge is 2.16. The van der Waals surface area contributed by atoms with Gasteiger partial charge in [0.1, 0.15) is 26.4 Å². The van der Waals surface area contributed by atoms with Crippen LogP contribution in [0.1, 0.15) is 82.1 Å². The van der Waals surface area contributed by atoms with Gasteiger partial charge in [0.05, 0.1) is 13.2 Å². The number of hydrogen-bond donors (Lipinski definition) is 0. The maximum atomic E-state index is 10.6. The molecule has 0 aliphatic carbocycles. The molecule has 0 unspecified atom stereocenters. The molecule has 0 aliphatic heterocycles. The minimum atomic E-state index is -0.754. The lowest BCUT2D eigenvalue weighted by Crippen LogP contribution is -2.29. The molecule has 0 atom stereocenters. The summed E-state index contributed by atoms with van der Waals surface area (Å²) in [6, 6.07) is 0. The Hall–Kier alpha value is -4.24. The average molecular weight is 641 g/mol. The molecule has 0 N–H and O–H groups in total. The van der Waals surface area contributed by atoms with Crippen molar-refractivity contribution in [2.24, 2.45) is 0 Å². The van der Waals surface area contributed by atoms with Gasteiger partial charge in [-0.25, -0.2) is 0 Å². The van der Waals surface area contributed by atoms with Crippen molar-refractivity contribution in [3.8, 4) is 0 Å². The Kier molecular flexibility index (Phi) is 33.6. The lowest BCUT2D eigenvalue weighted by Gasteiger charge is -2.15. The van der Waals surface area contributed by atoms with Crippen molar-refractivity contribution in [2.45, 2.75) is 94.3 Å². The zero-order valence-electron chi connectivity index (χ0n) is 27.3. The summed E-state index contributed by atoms with van der Waals surface area (Å²) in [6.45, 7) is 14.7. The van der Waals surface area contributed by atoms with Gasteiger partial charge in [0.25, 0.3) is 0 Å². The number of ether oxygens (including phenoxy) is 8. The maximum absolute atomic E-state index is 10.6.